The SMILES string of the molecule is CC(C)C(NC(=O)c1ccc(N2CCNC2=O)cc1)c1cccs1. The van der Waals surface area contributed by atoms with Crippen LogP contribution in [-0.2, 0) is 0 Å². The van der Waals surface area contributed by atoms with E-state index in [1.165, 1.54) is 0 Å². The van der Waals surface area contributed by atoms with Crippen molar-refractivity contribution >= 4 is 29.0 Å². The first-order valence-electron chi connectivity index (χ1n) is 8.06. The number of nitrogens with zero attached hydrogens (tertiary/aromatic N) is 1. The maximum atomic E-state index is 12.6. The van der Waals surface area contributed by atoms with E-state index in [1.54, 1.807) is 28.4 Å². The molecule has 126 valence electrons. The van der Waals surface area contributed by atoms with E-state index < -0.39 is 0 Å². The molecule has 1 aliphatic heterocycles. The first-order valence-corrected chi connectivity index (χ1v) is 8.94. The Morgan fingerprint density at radius 2 is 2.00 bits per heavy atom. The lowest BCUT2D eigenvalue weighted by atomic mass is 10.0. The summed E-state index contributed by atoms with van der Waals surface area (Å²) in [6, 6.07) is 11.1. The zero-order valence-corrected chi connectivity index (χ0v) is 14.6. The molecular formula is C18H21N3O2S. The quantitative estimate of drug-likeness (QED) is 0.874. The van der Waals surface area contributed by atoms with Crippen molar-refractivity contribution < 1.29 is 9.59 Å². The molecule has 1 aromatic heterocycles. The first kappa shape index (κ1) is 16.5. The normalized spacial score (nSPS) is 15.5. The first-order chi connectivity index (χ1) is 11.6. The van der Waals surface area contributed by atoms with E-state index in [4.69, 9.17) is 0 Å². The minimum absolute atomic E-state index is 0.00142. The van der Waals surface area contributed by atoms with E-state index in [9.17, 15) is 9.59 Å². The van der Waals surface area contributed by atoms with E-state index in [0.29, 0.717) is 24.6 Å². The molecule has 6 heteroatoms. The Morgan fingerprint density at radius 3 is 2.54 bits per heavy atom. The van der Waals surface area contributed by atoms with Gasteiger partial charge in [0.15, 0.2) is 0 Å². The summed E-state index contributed by atoms with van der Waals surface area (Å²) < 4.78 is 0. The van der Waals surface area contributed by atoms with Gasteiger partial charge in [0.25, 0.3) is 5.91 Å². The fraction of sp³-hybridized carbons (Fsp3) is 0.333. The topological polar surface area (TPSA) is 61.4 Å². The molecule has 1 atom stereocenters. The molecule has 1 unspecified atom stereocenters. The fourth-order valence-corrected chi connectivity index (χ4v) is 3.72. The van der Waals surface area contributed by atoms with Crippen LogP contribution in [-0.4, -0.2) is 25.0 Å². The van der Waals surface area contributed by atoms with E-state index >= 15 is 0 Å². The zero-order chi connectivity index (χ0) is 17.1. The summed E-state index contributed by atoms with van der Waals surface area (Å²) in [7, 11) is 0. The molecular weight excluding hydrogens is 322 g/mol. The van der Waals surface area contributed by atoms with E-state index in [-0.39, 0.29) is 18.0 Å². The van der Waals surface area contributed by atoms with Gasteiger partial charge in [-0.3, -0.25) is 9.69 Å². The van der Waals surface area contributed by atoms with Crippen LogP contribution in [0.3, 0.4) is 0 Å². The van der Waals surface area contributed by atoms with Crippen LogP contribution in [0, 0.1) is 5.92 Å². The average Bonchev–Trinajstić information content (AvgIpc) is 3.24. The van der Waals surface area contributed by atoms with Crippen molar-refractivity contribution in [2.45, 2.75) is 19.9 Å². The Bertz CT molecular complexity index is 710. The molecule has 1 aromatic carbocycles. The third-order valence-corrected chi connectivity index (χ3v) is 5.06. The Kier molecular flexibility index (Phi) is 4.85. The second-order valence-corrected chi connectivity index (χ2v) is 7.12. The van der Waals surface area contributed by atoms with Crippen LogP contribution in [0.4, 0.5) is 10.5 Å². The molecule has 0 spiro atoms. The van der Waals surface area contributed by atoms with Gasteiger partial charge in [-0.2, -0.15) is 0 Å². The molecule has 0 saturated carbocycles. The summed E-state index contributed by atoms with van der Waals surface area (Å²) in [6.45, 7) is 5.50. The maximum absolute atomic E-state index is 12.6. The average molecular weight is 343 g/mol. The van der Waals surface area contributed by atoms with Gasteiger partial charge in [0.05, 0.1) is 6.04 Å². The number of urea groups is 1. The third kappa shape index (κ3) is 3.43. The van der Waals surface area contributed by atoms with Crippen LogP contribution in [0.1, 0.15) is 35.1 Å². The third-order valence-electron chi connectivity index (χ3n) is 4.10. The molecule has 1 saturated heterocycles. The zero-order valence-electron chi connectivity index (χ0n) is 13.8. The number of hydrogen-bond donors (Lipinski definition) is 2. The van der Waals surface area contributed by atoms with Crippen molar-refractivity contribution in [3.05, 3.63) is 52.2 Å². The van der Waals surface area contributed by atoms with Gasteiger partial charge in [0, 0.05) is 29.2 Å². The number of thiophene rings is 1. The minimum Gasteiger partial charge on any atom is -0.344 e. The van der Waals surface area contributed by atoms with Gasteiger partial charge >= 0.3 is 6.03 Å². The molecule has 3 amide bonds. The van der Waals surface area contributed by atoms with Crippen molar-refractivity contribution in [1.82, 2.24) is 10.6 Å². The summed E-state index contributed by atoms with van der Waals surface area (Å²) in [4.78, 5) is 27.1. The van der Waals surface area contributed by atoms with Gasteiger partial charge in [0.2, 0.25) is 0 Å². The number of carbonyl (C=O) groups excluding carboxylic acids is 2. The number of hydrogen-bond acceptors (Lipinski definition) is 3. The van der Waals surface area contributed by atoms with Gasteiger partial charge < -0.3 is 10.6 Å². The monoisotopic (exact) mass is 343 g/mol. The van der Waals surface area contributed by atoms with Crippen molar-refractivity contribution in [3.8, 4) is 0 Å². The Labute approximate surface area is 145 Å². The van der Waals surface area contributed by atoms with Crippen LogP contribution in [0.2, 0.25) is 0 Å². The van der Waals surface area contributed by atoms with Gasteiger partial charge in [-0.05, 0) is 41.6 Å². The molecule has 1 fully saturated rings. The Hall–Kier alpha value is -2.34. The van der Waals surface area contributed by atoms with Crippen LogP contribution in [0.5, 0.6) is 0 Å². The highest BCUT2D eigenvalue weighted by Gasteiger charge is 2.22. The number of benzene rings is 1. The van der Waals surface area contributed by atoms with E-state index in [1.807, 2.05) is 29.6 Å². The Balaban J connectivity index is 1.71. The predicted molar refractivity (Wildman–Crippen MR) is 96.6 cm³/mol. The van der Waals surface area contributed by atoms with E-state index in [0.717, 1.165) is 10.6 Å². The highest BCUT2D eigenvalue weighted by atomic mass is 32.1. The lowest BCUT2D eigenvalue weighted by Crippen LogP contribution is -2.31. The van der Waals surface area contributed by atoms with Crippen molar-refractivity contribution in [2.24, 2.45) is 5.92 Å². The summed E-state index contributed by atoms with van der Waals surface area (Å²) in [5.74, 6) is 0.208. The van der Waals surface area contributed by atoms with Crippen molar-refractivity contribution in [1.29, 1.82) is 0 Å². The lowest BCUT2D eigenvalue weighted by Gasteiger charge is -2.21. The number of carbonyl (C=O) groups is 2. The minimum atomic E-state index is -0.0977. The van der Waals surface area contributed by atoms with Crippen LogP contribution >= 0.6 is 11.3 Å². The molecule has 0 aliphatic carbocycles. The molecule has 5 nitrogen and oxygen atoms in total. The molecule has 2 heterocycles. The lowest BCUT2D eigenvalue weighted by molar-refractivity contribution is 0.0926. The molecule has 0 radical (unpaired) electrons. The van der Waals surface area contributed by atoms with Crippen molar-refractivity contribution in [2.75, 3.05) is 18.0 Å². The van der Waals surface area contributed by atoms with Crippen LogP contribution in [0.15, 0.2) is 41.8 Å². The molecule has 1 aliphatic rings. The molecule has 2 aromatic rings. The second-order valence-electron chi connectivity index (χ2n) is 6.14. The Morgan fingerprint density at radius 1 is 1.25 bits per heavy atom. The van der Waals surface area contributed by atoms with Gasteiger partial charge in [-0.1, -0.05) is 19.9 Å². The summed E-state index contributed by atoms with van der Waals surface area (Å²) in [6.07, 6.45) is 0. The predicted octanol–water partition coefficient (Wildman–Crippen LogP) is 3.40. The maximum Gasteiger partial charge on any atom is 0.321 e. The standard InChI is InChI=1S/C18H21N3O2S/c1-12(2)16(15-4-3-11-24-15)20-17(22)13-5-7-14(8-6-13)21-10-9-19-18(21)23/h3-8,11-12,16H,9-10H2,1-2H3,(H,19,23)(H,20,22). The number of nitrogens with one attached hydrogen (secondary N) is 2. The molecule has 3 rings (SSSR count). The number of amides is 3. The molecule has 24 heavy (non-hydrogen) atoms. The van der Waals surface area contributed by atoms with Gasteiger partial charge in [-0.25, -0.2) is 4.79 Å². The molecule has 0 bridgehead atoms. The van der Waals surface area contributed by atoms with E-state index in [2.05, 4.69) is 24.5 Å². The number of rotatable bonds is 5. The van der Waals surface area contributed by atoms with Gasteiger partial charge in [-0.15, -0.1) is 11.3 Å². The highest BCUT2D eigenvalue weighted by Crippen LogP contribution is 2.26. The number of anilines is 1. The van der Waals surface area contributed by atoms with Crippen molar-refractivity contribution in [3.63, 3.8) is 0 Å². The highest BCUT2D eigenvalue weighted by molar-refractivity contribution is 7.10. The summed E-state index contributed by atoms with van der Waals surface area (Å²) in [5, 5.41) is 7.90. The molecule has 2 N–H and O–H groups in total. The smallest absolute Gasteiger partial charge is 0.321 e. The largest absolute Gasteiger partial charge is 0.344 e. The summed E-state index contributed by atoms with van der Waals surface area (Å²) in [5.41, 5.74) is 1.40. The van der Waals surface area contributed by atoms with Gasteiger partial charge in [0.1, 0.15) is 0 Å². The van der Waals surface area contributed by atoms with Crippen LogP contribution in [0.25, 0.3) is 0 Å². The fourth-order valence-electron chi connectivity index (χ4n) is 2.77. The van der Waals surface area contributed by atoms with Crippen LogP contribution < -0.4 is 15.5 Å². The summed E-state index contributed by atoms with van der Waals surface area (Å²) >= 11 is 1.65. The second kappa shape index (κ2) is 7.05.